The molecule has 0 aliphatic rings. The van der Waals surface area contributed by atoms with Gasteiger partial charge in [0.25, 0.3) is 0 Å². The highest BCUT2D eigenvalue weighted by Gasteiger charge is 2.09. The second-order valence-corrected chi connectivity index (χ2v) is 5.95. The Hall–Kier alpha value is -2.07. The highest BCUT2D eigenvalue weighted by Crippen LogP contribution is 2.19. The summed E-state index contributed by atoms with van der Waals surface area (Å²) in [6, 6.07) is 15.1. The Morgan fingerprint density at radius 3 is 2.45 bits per heavy atom. The Bertz CT molecular complexity index is 665. The van der Waals surface area contributed by atoms with Crippen molar-refractivity contribution >= 4 is 29.1 Å². The topological polar surface area (TPSA) is 46.2 Å². The molecule has 0 fully saturated rings. The molecule has 4 heteroatoms. The van der Waals surface area contributed by atoms with E-state index in [-0.39, 0.29) is 24.5 Å². The molecule has 0 aliphatic heterocycles. The van der Waals surface area contributed by atoms with E-state index in [1.165, 1.54) is 0 Å². The molecule has 0 unspecified atom stereocenters. The van der Waals surface area contributed by atoms with Crippen LogP contribution in [-0.4, -0.2) is 17.9 Å². The minimum atomic E-state index is -0.140. The minimum absolute atomic E-state index is 0.00647. The van der Waals surface area contributed by atoms with Crippen molar-refractivity contribution in [3.05, 3.63) is 59.7 Å². The van der Waals surface area contributed by atoms with Crippen molar-refractivity contribution in [3.8, 4) is 0 Å². The van der Waals surface area contributed by atoms with Gasteiger partial charge in [-0.05, 0) is 31.4 Å². The first-order valence-corrected chi connectivity index (χ1v) is 8.35. The van der Waals surface area contributed by atoms with Crippen molar-refractivity contribution in [1.82, 2.24) is 0 Å². The molecule has 2 aromatic rings. The molecule has 0 aromatic heterocycles. The van der Waals surface area contributed by atoms with Gasteiger partial charge in [-0.1, -0.05) is 35.9 Å². The second kappa shape index (κ2) is 7.80. The van der Waals surface area contributed by atoms with Gasteiger partial charge in [0, 0.05) is 29.0 Å². The zero-order valence-electron chi connectivity index (χ0n) is 12.8. The van der Waals surface area contributed by atoms with Gasteiger partial charge in [-0.15, -0.1) is 11.8 Å². The molecule has 3 nitrogen and oxygen atoms in total. The lowest BCUT2D eigenvalue weighted by atomic mass is 10.0. The number of carbonyl (C=O) groups excluding carboxylic acids is 2. The Balaban J connectivity index is 1.87. The van der Waals surface area contributed by atoms with Gasteiger partial charge in [0.15, 0.2) is 5.78 Å². The molecule has 0 radical (unpaired) electrons. The van der Waals surface area contributed by atoms with Crippen LogP contribution in [0.3, 0.4) is 0 Å². The summed E-state index contributed by atoms with van der Waals surface area (Å²) in [6.07, 6.45) is 2.40. The van der Waals surface area contributed by atoms with Crippen LogP contribution in [0.15, 0.2) is 53.4 Å². The lowest BCUT2D eigenvalue weighted by Crippen LogP contribution is -2.13. The van der Waals surface area contributed by atoms with Crippen LogP contribution in [0.2, 0.25) is 0 Å². The van der Waals surface area contributed by atoms with Crippen LogP contribution in [0.5, 0.6) is 0 Å². The summed E-state index contributed by atoms with van der Waals surface area (Å²) in [5.41, 5.74) is 2.53. The summed E-state index contributed by atoms with van der Waals surface area (Å²) in [5, 5.41) is 2.83. The number of thioether (sulfide) groups is 1. The zero-order valence-corrected chi connectivity index (χ0v) is 13.6. The van der Waals surface area contributed by atoms with E-state index in [9.17, 15) is 9.59 Å². The van der Waals surface area contributed by atoms with Gasteiger partial charge in [-0.2, -0.15) is 0 Å². The van der Waals surface area contributed by atoms with E-state index < -0.39 is 0 Å². The van der Waals surface area contributed by atoms with Crippen LogP contribution < -0.4 is 5.32 Å². The zero-order chi connectivity index (χ0) is 15.9. The molecule has 0 atom stereocenters. The van der Waals surface area contributed by atoms with Crippen molar-refractivity contribution < 1.29 is 9.59 Å². The number of hydrogen-bond acceptors (Lipinski definition) is 3. The number of nitrogens with one attached hydrogen (secondary N) is 1. The average Bonchev–Trinajstić information content (AvgIpc) is 2.53. The first-order valence-electron chi connectivity index (χ1n) is 7.12. The maximum absolute atomic E-state index is 12.0. The Labute approximate surface area is 135 Å². The molecule has 1 amide bonds. The Kier molecular flexibility index (Phi) is 5.78. The first-order chi connectivity index (χ1) is 10.6. The van der Waals surface area contributed by atoms with E-state index in [4.69, 9.17) is 0 Å². The quantitative estimate of drug-likeness (QED) is 0.638. The number of aryl methyl sites for hydroxylation is 1. The van der Waals surface area contributed by atoms with E-state index in [2.05, 4.69) is 5.32 Å². The molecular weight excluding hydrogens is 294 g/mol. The van der Waals surface area contributed by atoms with Gasteiger partial charge < -0.3 is 5.32 Å². The number of anilines is 1. The van der Waals surface area contributed by atoms with Gasteiger partial charge in [0.1, 0.15) is 0 Å². The molecule has 0 spiro atoms. The van der Waals surface area contributed by atoms with Crippen LogP contribution >= 0.6 is 11.8 Å². The Morgan fingerprint density at radius 2 is 1.77 bits per heavy atom. The molecule has 0 bridgehead atoms. The number of amides is 1. The third-order valence-electron chi connectivity index (χ3n) is 3.31. The van der Waals surface area contributed by atoms with Crippen LogP contribution in [0.1, 0.15) is 28.8 Å². The summed E-state index contributed by atoms with van der Waals surface area (Å²) >= 11 is 1.62. The molecule has 0 saturated carbocycles. The highest BCUT2D eigenvalue weighted by atomic mass is 32.2. The summed E-state index contributed by atoms with van der Waals surface area (Å²) in [4.78, 5) is 25.1. The van der Waals surface area contributed by atoms with E-state index >= 15 is 0 Å². The highest BCUT2D eigenvalue weighted by molar-refractivity contribution is 7.98. The standard InChI is InChI=1S/C18H19NO2S/c1-13-6-8-14(9-7-13)17(20)10-11-18(21)19-15-4-3-5-16(12-15)22-2/h3-9,12H,10-11H2,1-2H3,(H,19,21). The maximum atomic E-state index is 12.0. The van der Waals surface area contributed by atoms with Gasteiger partial charge in [0.05, 0.1) is 0 Å². The maximum Gasteiger partial charge on any atom is 0.224 e. The van der Waals surface area contributed by atoms with Crippen LogP contribution in [-0.2, 0) is 4.79 Å². The molecular formula is C18H19NO2S. The molecule has 114 valence electrons. The van der Waals surface area contributed by atoms with E-state index in [0.29, 0.717) is 5.56 Å². The summed E-state index contributed by atoms with van der Waals surface area (Å²) in [5.74, 6) is -0.147. The monoisotopic (exact) mass is 313 g/mol. The SMILES string of the molecule is CSc1cccc(NC(=O)CCC(=O)c2ccc(C)cc2)c1. The van der Waals surface area contributed by atoms with E-state index in [1.807, 2.05) is 49.6 Å². The average molecular weight is 313 g/mol. The number of benzene rings is 2. The fourth-order valence-corrected chi connectivity index (χ4v) is 2.49. The van der Waals surface area contributed by atoms with E-state index in [0.717, 1.165) is 16.1 Å². The third-order valence-corrected chi connectivity index (χ3v) is 4.03. The molecule has 2 aromatic carbocycles. The van der Waals surface area contributed by atoms with Crippen molar-refractivity contribution in [2.24, 2.45) is 0 Å². The number of Topliss-reactive ketones (excluding diaryl/α,β-unsaturated/α-hetero) is 1. The van der Waals surface area contributed by atoms with Crippen LogP contribution in [0.25, 0.3) is 0 Å². The molecule has 0 aliphatic carbocycles. The van der Waals surface area contributed by atoms with Crippen molar-refractivity contribution in [2.75, 3.05) is 11.6 Å². The number of ketones is 1. The number of rotatable bonds is 6. The molecule has 1 N–H and O–H groups in total. The smallest absolute Gasteiger partial charge is 0.224 e. The summed E-state index contributed by atoms with van der Waals surface area (Å²) in [7, 11) is 0. The molecule has 0 heterocycles. The minimum Gasteiger partial charge on any atom is -0.326 e. The number of carbonyl (C=O) groups is 2. The lowest BCUT2D eigenvalue weighted by molar-refractivity contribution is -0.116. The van der Waals surface area contributed by atoms with Crippen LogP contribution in [0.4, 0.5) is 5.69 Å². The lowest BCUT2D eigenvalue weighted by Gasteiger charge is -2.06. The molecule has 0 saturated heterocycles. The van der Waals surface area contributed by atoms with E-state index in [1.54, 1.807) is 23.9 Å². The predicted molar refractivity (Wildman–Crippen MR) is 91.6 cm³/mol. The Morgan fingerprint density at radius 1 is 1.05 bits per heavy atom. The summed E-state index contributed by atoms with van der Waals surface area (Å²) < 4.78 is 0. The molecule has 22 heavy (non-hydrogen) atoms. The first kappa shape index (κ1) is 16.3. The van der Waals surface area contributed by atoms with Crippen molar-refractivity contribution in [3.63, 3.8) is 0 Å². The van der Waals surface area contributed by atoms with Gasteiger partial charge in [-0.25, -0.2) is 0 Å². The van der Waals surface area contributed by atoms with Crippen molar-refractivity contribution in [1.29, 1.82) is 0 Å². The van der Waals surface area contributed by atoms with Crippen LogP contribution in [0, 0.1) is 6.92 Å². The summed E-state index contributed by atoms with van der Waals surface area (Å²) in [6.45, 7) is 1.98. The predicted octanol–water partition coefficient (Wildman–Crippen LogP) is 4.32. The fraction of sp³-hybridized carbons (Fsp3) is 0.222. The fourth-order valence-electron chi connectivity index (χ4n) is 2.04. The molecule has 2 rings (SSSR count). The third kappa shape index (κ3) is 4.74. The largest absolute Gasteiger partial charge is 0.326 e. The van der Waals surface area contributed by atoms with Gasteiger partial charge in [-0.3, -0.25) is 9.59 Å². The van der Waals surface area contributed by atoms with Gasteiger partial charge in [0.2, 0.25) is 5.91 Å². The normalized spacial score (nSPS) is 10.3. The van der Waals surface area contributed by atoms with Gasteiger partial charge >= 0.3 is 0 Å². The number of hydrogen-bond donors (Lipinski definition) is 1. The van der Waals surface area contributed by atoms with Crippen molar-refractivity contribution in [2.45, 2.75) is 24.7 Å². The second-order valence-electron chi connectivity index (χ2n) is 5.07.